The van der Waals surface area contributed by atoms with E-state index in [0.717, 1.165) is 11.8 Å². The van der Waals surface area contributed by atoms with Gasteiger partial charge in [0.25, 0.3) is 11.8 Å². The lowest BCUT2D eigenvalue weighted by molar-refractivity contribution is 0.0746. The van der Waals surface area contributed by atoms with E-state index in [1.165, 1.54) is 12.1 Å². The van der Waals surface area contributed by atoms with Crippen molar-refractivity contribution in [1.82, 2.24) is 4.90 Å². The number of carbonyl (C=O) groups is 2. The average molecular weight is 463 g/mol. The summed E-state index contributed by atoms with van der Waals surface area (Å²) in [5.74, 6) is -1.40. The van der Waals surface area contributed by atoms with E-state index in [1.54, 1.807) is 41.3 Å². The zero-order valence-corrected chi connectivity index (χ0v) is 18.3. The van der Waals surface area contributed by atoms with Crippen LogP contribution in [0.5, 0.6) is 0 Å². The Morgan fingerprint density at radius 2 is 1.67 bits per heavy atom. The number of rotatable bonds is 4. The SMILES string of the molecule is N#Cc1ccc(C(=O)Nc2ccccc2N2CCN(C(=O)c3ccc(Cl)cc3)CC2)c(F)c1. The molecular weight excluding hydrogens is 443 g/mol. The molecule has 1 saturated heterocycles. The molecule has 0 unspecified atom stereocenters. The fraction of sp³-hybridized carbons (Fsp3) is 0.160. The Balaban J connectivity index is 1.45. The van der Waals surface area contributed by atoms with Gasteiger partial charge in [-0.05, 0) is 54.6 Å². The zero-order chi connectivity index (χ0) is 23.4. The molecule has 0 saturated carbocycles. The van der Waals surface area contributed by atoms with Gasteiger partial charge in [-0.2, -0.15) is 5.26 Å². The van der Waals surface area contributed by atoms with Gasteiger partial charge in [0, 0.05) is 36.8 Å². The molecule has 1 fully saturated rings. The van der Waals surface area contributed by atoms with Gasteiger partial charge >= 0.3 is 0 Å². The maximum Gasteiger partial charge on any atom is 0.258 e. The van der Waals surface area contributed by atoms with Crippen LogP contribution in [0.25, 0.3) is 0 Å². The Kier molecular flexibility index (Phi) is 6.57. The highest BCUT2D eigenvalue weighted by Crippen LogP contribution is 2.28. The number of nitrogens with one attached hydrogen (secondary N) is 1. The van der Waals surface area contributed by atoms with Crippen molar-refractivity contribution in [3.8, 4) is 6.07 Å². The highest BCUT2D eigenvalue weighted by Gasteiger charge is 2.24. The molecule has 0 radical (unpaired) electrons. The van der Waals surface area contributed by atoms with Crippen molar-refractivity contribution < 1.29 is 14.0 Å². The molecule has 1 N–H and O–H groups in total. The van der Waals surface area contributed by atoms with Crippen LogP contribution >= 0.6 is 11.6 Å². The summed E-state index contributed by atoms with van der Waals surface area (Å²) < 4.78 is 14.3. The van der Waals surface area contributed by atoms with Crippen molar-refractivity contribution >= 4 is 34.8 Å². The van der Waals surface area contributed by atoms with Gasteiger partial charge in [-0.1, -0.05) is 23.7 Å². The van der Waals surface area contributed by atoms with Crippen molar-refractivity contribution in [1.29, 1.82) is 5.26 Å². The van der Waals surface area contributed by atoms with E-state index in [1.807, 2.05) is 18.2 Å². The summed E-state index contributed by atoms with van der Waals surface area (Å²) in [6, 6.07) is 19.7. The highest BCUT2D eigenvalue weighted by molar-refractivity contribution is 6.30. The number of nitriles is 1. The first kappa shape index (κ1) is 22.3. The largest absolute Gasteiger partial charge is 0.366 e. The normalized spacial score (nSPS) is 13.4. The number of benzene rings is 3. The van der Waals surface area contributed by atoms with E-state index in [2.05, 4.69) is 10.2 Å². The van der Waals surface area contributed by atoms with Gasteiger partial charge in [-0.15, -0.1) is 0 Å². The maximum absolute atomic E-state index is 14.3. The van der Waals surface area contributed by atoms with Crippen LogP contribution in [0.1, 0.15) is 26.3 Å². The van der Waals surface area contributed by atoms with Crippen LogP contribution in [0, 0.1) is 17.1 Å². The van der Waals surface area contributed by atoms with Gasteiger partial charge in [0.1, 0.15) is 5.82 Å². The summed E-state index contributed by atoms with van der Waals surface area (Å²) in [6.07, 6.45) is 0. The minimum atomic E-state index is -0.752. The van der Waals surface area contributed by atoms with E-state index in [9.17, 15) is 14.0 Å². The molecule has 0 atom stereocenters. The quantitative estimate of drug-likeness (QED) is 0.616. The lowest BCUT2D eigenvalue weighted by Crippen LogP contribution is -2.49. The third-order valence-corrected chi connectivity index (χ3v) is 5.75. The molecule has 3 aromatic carbocycles. The fourth-order valence-electron chi connectivity index (χ4n) is 3.74. The van der Waals surface area contributed by atoms with E-state index < -0.39 is 11.7 Å². The second-order valence-corrected chi connectivity index (χ2v) is 8.00. The molecule has 0 bridgehead atoms. The smallest absolute Gasteiger partial charge is 0.258 e. The summed E-state index contributed by atoms with van der Waals surface area (Å²) in [7, 11) is 0. The number of carbonyl (C=O) groups excluding carboxylic acids is 2. The predicted octanol–water partition coefficient (Wildman–Crippen LogP) is 4.57. The van der Waals surface area contributed by atoms with Crippen molar-refractivity contribution in [2.24, 2.45) is 0 Å². The third kappa shape index (κ3) is 4.97. The topological polar surface area (TPSA) is 76.4 Å². The Bertz CT molecular complexity index is 1230. The Labute approximate surface area is 195 Å². The van der Waals surface area contributed by atoms with Crippen LogP contribution in [0.2, 0.25) is 5.02 Å². The average Bonchev–Trinajstić information content (AvgIpc) is 2.84. The number of hydrogen-bond donors (Lipinski definition) is 1. The molecule has 6 nitrogen and oxygen atoms in total. The van der Waals surface area contributed by atoms with Gasteiger partial charge in [0.05, 0.1) is 28.6 Å². The number of halogens is 2. The molecule has 0 aliphatic carbocycles. The number of piperazine rings is 1. The fourth-order valence-corrected chi connectivity index (χ4v) is 3.87. The van der Waals surface area contributed by atoms with Gasteiger partial charge in [-0.25, -0.2) is 4.39 Å². The van der Waals surface area contributed by atoms with Crippen LogP contribution < -0.4 is 10.2 Å². The van der Waals surface area contributed by atoms with Crippen molar-refractivity contribution in [2.45, 2.75) is 0 Å². The van der Waals surface area contributed by atoms with Crippen molar-refractivity contribution in [2.75, 3.05) is 36.4 Å². The van der Waals surface area contributed by atoms with E-state index in [0.29, 0.717) is 42.5 Å². The maximum atomic E-state index is 14.3. The lowest BCUT2D eigenvalue weighted by Gasteiger charge is -2.37. The van der Waals surface area contributed by atoms with Gasteiger partial charge < -0.3 is 15.1 Å². The van der Waals surface area contributed by atoms with E-state index >= 15 is 0 Å². The minimum Gasteiger partial charge on any atom is -0.366 e. The third-order valence-electron chi connectivity index (χ3n) is 5.49. The van der Waals surface area contributed by atoms with E-state index in [4.69, 9.17) is 16.9 Å². The molecule has 4 rings (SSSR count). The second-order valence-electron chi connectivity index (χ2n) is 7.56. The molecule has 3 aromatic rings. The molecule has 1 heterocycles. The van der Waals surface area contributed by atoms with E-state index in [-0.39, 0.29) is 17.0 Å². The zero-order valence-electron chi connectivity index (χ0n) is 17.6. The predicted molar refractivity (Wildman–Crippen MR) is 125 cm³/mol. The Hall–Kier alpha value is -3.89. The van der Waals surface area contributed by atoms with Crippen molar-refractivity contribution in [3.63, 3.8) is 0 Å². The first-order valence-corrected chi connectivity index (χ1v) is 10.7. The van der Waals surface area contributed by atoms with Crippen LogP contribution in [-0.4, -0.2) is 42.9 Å². The molecule has 8 heteroatoms. The number of hydrogen-bond acceptors (Lipinski definition) is 4. The lowest BCUT2D eigenvalue weighted by atomic mass is 10.1. The summed E-state index contributed by atoms with van der Waals surface area (Å²) in [5, 5.41) is 12.2. The molecule has 1 aliphatic heterocycles. The molecule has 0 spiro atoms. The number of anilines is 2. The second kappa shape index (κ2) is 9.72. The molecule has 33 heavy (non-hydrogen) atoms. The Morgan fingerprint density at radius 3 is 2.33 bits per heavy atom. The van der Waals surface area contributed by atoms with Crippen LogP contribution in [0.15, 0.2) is 66.7 Å². The van der Waals surface area contributed by atoms with Crippen molar-refractivity contribution in [3.05, 3.63) is 94.3 Å². The Morgan fingerprint density at radius 1 is 0.970 bits per heavy atom. The van der Waals surface area contributed by atoms with Crippen LogP contribution in [0.4, 0.5) is 15.8 Å². The highest BCUT2D eigenvalue weighted by atomic mass is 35.5. The molecular formula is C25H20ClFN4O2. The summed E-state index contributed by atoms with van der Waals surface area (Å²) in [4.78, 5) is 29.3. The molecule has 166 valence electrons. The standard InChI is InChI=1S/C25H20ClFN4O2/c26-19-8-6-18(7-9-19)25(33)31-13-11-30(12-14-31)23-4-2-1-3-22(23)29-24(32)20-10-5-17(16-28)15-21(20)27/h1-10,15H,11-14H2,(H,29,32). The van der Waals surface area contributed by atoms with Crippen LogP contribution in [0.3, 0.4) is 0 Å². The molecule has 1 aliphatic rings. The number of nitrogens with zero attached hydrogens (tertiary/aromatic N) is 3. The number of para-hydroxylation sites is 2. The first-order valence-electron chi connectivity index (χ1n) is 10.4. The summed E-state index contributed by atoms with van der Waals surface area (Å²) in [5.41, 5.74) is 1.94. The minimum absolute atomic E-state index is 0.0517. The first-order chi connectivity index (χ1) is 16.0. The number of amides is 2. The van der Waals surface area contributed by atoms with Crippen LogP contribution in [-0.2, 0) is 0 Å². The molecule has 2 amide bonds. The summed E-state index contributed by atoms with van der Waals surface area (Å²) >= 11 is 5.91. The van der Waals surface area contributed by atoms with Gasteiger partial charge in [0.2, 0.25) is 0 Å². The van der Waals surface area contributed by atoms with Gasteiger partial charge in [0.15, 0.2) is 0 Å². The summed E-state index contributed by atoms with van der Waals surface area (Å²) in [6.45, 7) is 2.21. The monoisotopic (exact) mass is 462 g/mol. The molecule has 0 aromatic heterocycles. The van der Waals surface area contributed by atoms with Gasteiger partial charge in [-0.3, -0.25) is 9.59 Å².